The van der Waals surface area contributed by atoms with Crippen LogP contribution in [0.25, 0.3) is 0 Å². The van der Waals surface area contributed by atoms with Crippen molar-refractivity contribution in [1.82, 2.24) is 10.2 Å². The average Bonchev–Trinajstić information content (AvgIpc) is 2.72. The molecule has 0 bridgehead atoms. The molecule has 3 rings (SSSR count). The SMILES string of the molecule is COc1cc(CNCCCN(C)C)cc(Br)c1OCc1ccc2c(c1)OCCO2.Cl.Cl. The summed E-state index contributed by atoms with van der Waals surface area (Å²) in [5.41, 5.74) is 2.15. The molecule has 0 unspecified atom stereocenters. The zero-order valence-electron chi connectivity index (χ0n) is 18.1. The van der Waals surface area contributed by atoms with Crippen LogP contribution < -0.4 is 24.3 Å². The van der Waals surface area contributed by atoms with Gasteiger partial charge in [0, 0.05) is 6.54 Å². The molecular formula is C22H31BrCl2N2O4. The van der Waals surface area contributed by atoms with Crippen LogP contribution in [-0.4, -0.2) is 52.4 Å². The number of hydrogen-bond acceptors (Lipinski definition) is 6. The van der Waals surface area contributed by atoms with Crippen molar-refractivity contribution in [3.63, 3.8) is 0 Å². The van der Waals surface area contributed by atoms with Crippen LogP contribution >= 0.6 is 40.7 Å². The minimum absolute atomic E-state index is 0. The summed E-state index contributed by atoms with van der Waals surface area (Å²) in [4.78, 5) is 2.19. The van der Waals surface area contributed by atoms with Gasteiger partial charge in [-0.1, -0.05) is 6.07 Å². The van der Waals surface area contributed by atoms with Gasteiger partial charge in [-0.25, -0.2) is 0 Å². The van der Waals surface area contributed by atoms with Crippen LogP contribution in [0.15, 0.2) is 34.8 Å². The van der Waals surface area contributed by atoms with E-state index in [0.29, 0.717) is 31.3 Å². The van der Waals surface area contributed by atoms with Crippen molar-refractivity contribution in [2.45, 2.75) is 19.6 Å². The molecule has 1 aliphatic rings. The number of halogens is 3. The highest BCUT2D eigenvalue weighted by molar-refractivity contribution is 9.10. The van der Waals surface area contributed by atoms with E-state index in [9.17, 15) is 0 Å². The number of fused-ring (bicyclic) bond motifs is 1. The third-order valence-electron chi connectivity index (χ3n) is 4.57. The summed E-state index contributed by atoms with van der Waals surface area (Å²) in [6.07, 6.45) is 1.11. The Labute approximate surface area is 205 Å². The summed E-state index contributed by atoms with van der Waals surface area (Å²) >= 11 is 3.63. The Hall–Kier alpha value is -1.38. The monoisotopic (exact) mass is 536 g/mol. The molecule has 9 heteroatoms. The molecule has 0 fully saturated rings. The summed E-state index contributed by atoms with van der Waals surface area (Å²) < 4.78 is 23.7. The summed E-state index contributed by atoms with van der Waals surface area (Å²) in [6, 6.07) is 9.95. The van der Waals surface area contributed by atoms with Crippen LogP contribution in [0, 0.1) is 0 Å². The third-order valence-corrected chi connectivity index (χ3v) is 5.16. The van der Waals surface area contributed by atoms with E-state index in [4.69, 9.17) is 18.9 Å². The van der Waals surface area contributed by atoms with Gasteiger partial charge in [-0.15, -0.1) is 24.8 Å². The normalized spacial score (nSPS) is 12.0. The van der Waals surface area contributed by atoms with E-state index in [2.05, 4.69) is 46.3 Å². The van der Waals surface area contributed by atoms with Crippen molar-refractivity contribution in [2.24, 2.45) is 0 Å². The van der Waals surface area contributed by atoms with Gasteiger partial charge in [-0.2, -0.15) is 0 Å². The van der Waals surface area contributed by atoms with E-state index in [1.807, 2.05) is 24.3 Å². The van der Waals surface area contributed by atoms with Crippen molar-refractivity contribution >= 4 is 40.7 Å². The number of benzene rings is 2. The topological polar surface area (TPSA) is 52.2 Å². The quantitative estimate of drug-likeness (QED) is 0.444. The van der Waals surface area contributed by atoms with Gasteiger partial charge < -0.3 is 29.2 Å². The van der Waals surface area contributed by atoms with Crippen LogP contribution in [0.5, 0.6) is 23.0 Å². The second kappa shape index (κ2) is 13.9. The molecule has 0 aliphatic carbocycles. The lowest BCUT2D eigenvalue weighted by atomic mass is 10.2. The molecular weight excluding hydrogens is 507 g/mol. The van der Waals surface area contributed by atoms with Crippen LogP contribution in [0.4, 0.5) is 0 Å². The van der Waals surface area contributed by atoms with Gasteiger partial charge >= 0.3 is 0 Å². The number of ether oxygens (including phenoxy) is 4. The van der Waals surface area contributed by atoms with Crippen molar-refractivity contribution in [2.75, 3.05) is 47.5 Å². The summed E-state index contributed by atoms with van der Waals surface area (Å²) in [5.74, 6) is 2.95. The fraction of sp³-hybridized carbons (Fsp3) is 0.455. The lowest BCUT2D eigenvalue weighted by Crippen LogP contribution is -2.21. The molecule has 2 aromatic rings. The second-order valence-corrected chi connectivity index (χ2v) is 8.06. The van der Waals surface area contributed by atoms with Gasteiger partial charge in [-0.05, 0) is 84.9 Å². The molecule has 0 radical (unpaired) electrons. The first-order valence-corrected chi connectivity index (χ1v) is 10.6. The maximum absolute atomic E-state index is 6.07. The molecule has 0 saturated heterocycles. The summed E-state index contributed by atoms with van der Waals surface area (Å²) in [5, 5.41) is 3.47. The Morgan fingerprint density at radius 3 is 2.48 bits per heavy atom. The van der Waals surface area contributed by atoms with Crippen molar-refractivity contribution in [1.29, 1.82) is 0 Å². The number of hydrogen-bond donors (Lipinski definition) is 1. The van der Waals surface area contributed by atoms with E-state index < -0.39 is 0 Å². The Balaban J connectivity index is 0.00000240. The molecule has 1 aliphatic heterocycles. The third kappa shape index (κ3) is 8.24. The van der Waals surface area contributed by atoms with E-state index in [0.717, 1.165) is 53.2 Å². The van der Waals surface area contributed by atoms with Crippen LogP contribution in [-0.2, 0) is 13.2 Å². The van der Waals surface area contributed by atoms with Gasteiger partial charge in [0.05, 0.1) is 11.6 Å². The molecule has 0 aromatic heterocycles. The van der Waals surface area contributed by atoms with Gasteiger partial charge in [-0.3, -0.25) is 0 Å². The number of rotatable bonds is 10. The maximum atomic E-state index is 6.07. The predicted octanol–water partition coefficient (Wildman–Crippen LogP) is 4.69. The molecule has 0 saturated carbocycles. The van der Waals surface area contributed by atoms with Crippen molar-refractivity contribution < 1.29 is 18.9 Å². The minimum atomic E-state index is 0. The molecule has 0 amide bonds. The average molecular weight is 538 g/mol. The molecule has 2 aromatic carbocycles. The van der Waals surface area contributed by atoms with Gasteiger partial charge in [0.1, 0.15) is 19.8 Å². The van der Waals surface area contributed by atoms with Gasteiger partial charge in [0.15, 0.2) is 23.0 Å². The molecule has 6 nitrogen and oxygen atoms in total. The smallest absolute Gasteiger partial charge is 0.175 e. The highest BCUT2D eigenvalue weighted by Crippen LogP contribution is 2.38. The fourth-order valence-corrected chi connectivity index (χ4v) is 3.71. The summed E-state index contributed by atoms with van der Waals surface area (Å²) in [6.45, 7) is 4.40. The standard InChI is InChI=1S/C22H29BrN2O4.2ClH/c1-25(2)8-4-7-24-14-17-11-18(23)22(21(13-17)26-3)29-15-16-5-6-19-20(12-16)28-10-9-27-19;;/h5-6,11-13,24H,4,7-10,14-15H2,1-3H3;2*1H. The zero-order valence-corrected chi connectivity index (χ0v) is 21.3. The van der Waals surface area contributed by atoms with Gasteiger partial charge in [0.25, 0.3) is 0 Å². The first-order valence-electron chi connectivity index (χ1n) is 9.80. The van der Waals surface area contributed by atoms with E-state index >= 15 is 0 Å². The Bertz CT molecular complexity index is 824. The molecule has 0 spiro atoms. The van der Waals surface area contributed by atoms with E-state index in [1.165, 1.54) is 0 Å². The van der Waals surface area contributed by atoms with Crippen molar-refractivity contribution in [3.05, 3.63) is 45.9 Å². The van der Waals surface area contributed by atoms with Crippen LogP contribution in [0.3, 0.4) is 0 Å². The fourth-order valence-electron chi connectivity index (χ4n) is 3.10. The Kier molecular flexibility index (Phi) is 12.4. The van der Waals surface area contributed by atoms with Crippen LogP contribution in [0.2, 0.25) is 0 Å². The Morgan fingerprint density at radius 1 is 1.03 bits per heavy atom. The summed E-state index contributed by atoms with van der Waals surface area (Å²) in [7, 11) is 5.84. The lowest BCUT2D eigenvalue weighted by Gasteiger charge is -2.19. The Morgan fingerprint density at radius 2 is 1.77 bits per heavy atom. The minimum Gasteiger partial charge on any atom is -0.493 e. The lowest BCUT2D eigenvalue weighted by molar-refractivity contribution is 0.171. The molecule has 174 valence electrons. The first-order chi connectivity index (χ1) is 14.1. The number of methoxy groups -OCH3 is 1. The van der Waals surface area contributed by atoms with Gasteiger partial charge in [0.2, 0.25) is 0 Å². The number of nitrogens with zero attached hydrogens (tertiary/aromatic N) is 1. The predicted molar refractivity (Wildman–Crippen MR) is 132 cm³/mol. The van der Waals surface area contributed by atoms with E-state index in [-0.39, 0.29) is 24.8 Å². The first kappa shape index (κ1) is 27.7. The molecule has 1 N–H and O–H groups in total. The highest BCUT2D eigenvalue weighted by Gasteiger charge is 2.15. The largest absolute Gasteiger partial charge is 0.493 e. The molecule has 31 heavy (non-hydrogen) atoms. The maximum Gasteiger partial charge on any atom is 0.175 e. The zero-order chi connectivity index (χ0) is 20.6. The molecule has 1 heterocycles. The highest BCUT2D eigenvalue weighted by atomic mass is 79.9. The second-order valence-electron chi connectivity index (χ2n) is 7.21. The molecule has 0 atom stereocenters. The number of nitrogens with one attached hydrogen (secondary N) is 1. The van der Waals surface area contributed by atoms with Crippen LogP contribution in [0.1, 0.15) is 17.5 Å². The van der Waals surface area contributed by atoms with E-state index in [1.54, 1.807) is 7.11 Å². The van der Waals surface area contributed by atoms with Crippen molar-refractivity contribution in [3.8, 4) is 23.0 Å².